The second-order valence-electron chi connectivity index (χ2n) is 8.33. The molecule has 0 spiro atoms. The van der Waals surface area contributed by atoms with Crippen LogP contribution in [0.4, 0.5) is 5.13 Å². The maximum Gasteiger partial charge on any atom is 0.358 e. The molecule has 1 aliphatic heterocycles. The number of carbonyl (C=O) groups is 1. The predicted octanol–water partition coefficient (Wildman–Crippen LogP) is 4.54. The largest absolute Gasteiger partial charge is 0.496 e. The first kappa shape index (κ1) is 23.3. The number of hydrogen-bond acceptors (Lipinski definition) is 8. The SMILES string of the molecule is CCOC(=O)c1cc(C)n(Cc2cc(-c3ccccc3OC)cc3sc(N4CCOCC4)nc23)n1. The molecule has 5 rings (SSSR count). The predicted molar refractivity (Wildman–Crippen MR) is 137 cm³/mol. The fourth-order valence-corrected chi connectivity index (χ4v) is 5.38. The second-order valence-corrected chi connectivity index (χ2v) is 9.34. The average Bonchev–Trinajstić information content (AvgIpc) is 3.48. The molecule has 0 aliphatic carbocycles. The molecule has 3 heterocycles. The first-order valence-corrected chi connectivity index (χ1v) is 12.5. The van der Waals surface area contributed by atoms with Gasteiger partial charge in [-0.15, -0.1) is 0 Å². The van der Waals surface area contributed by atoms with Crippen molar-refractivity contribution in [3.05, 3.63) is 59.4 Å². The Bertz CT molecular complexity index is 1360. The molecule has 0 unspecified atom stereocenters. The van der Waals surface area contributed by atoms with Gasteiger partial charge in [0, 0.05) is 29.9 Å². The van der Waals surface area contributed by atoms with Gasteiger partial charge in [0.1, 0.15) is 5.75 Å². The molecule has 35 heavy (non-hydrogen) atoms. The highest BCUT2D eigenvalue weighted by Crippen LogP contribution is 2.38. The Balaban J connectivity index is 1.60. The molecule has 182 valence electrons. The Morgan fingerprint density at radius 2 is 1.97 bits per heavy atom. The number of aryl methyl sites for hydroxylation is 1. The Morgan fingerprint density at radius 3 is 2.74 bits per heavy atom. The number of carbonyl (C=O) groups excluding carboxylic acids is 1. The van der Waals surface area contributed by atoms with Gasteiger partial charge >= 0.3 is 5.97 Å². The summed E-state index contributed by atoms with van der Waals surface area (Å²) in [4.78, 5) is 19.5. The number of esters is 1. The van der Waals surface area contributed by atoms with Gasteiger partial charge < -0.3 is 19.1 Å². The molecular formula is C26H28N4O4S. The van der Waals surface area contributed by atoms with Crippen molar-refractivity contribution >= 4 is 32.7 Å². The maximum absolute atomic E-state index is 12.2. The van der Waals surface area contributed by atoms with Crippen molar-refractivity contribution in [1.82, 2.24) is 14.8 Å². The van der Waals surface area contributed by atoms with Crippen molar-refractivity contribution in [2.45, 2.75) is 20.4 Å². The summed E-state index contributed by atoms with van der Waals surface area (Å²) in [7, 11) is 1.69. The minimum atomic E-state index is -0.412. The lowest BCUT2D eigenvalue weighted by atomic mass is 10.0. The zero-order chi connectivity index (χ0) is 24.4. The summed E-state index contributed by atoms with van der Waals surface area (Å²) in [6.45, 7) is 7.60. The number of ether oxygens (including phenoxy) is 3. The van der Waals surface area contributed by atoms with Gasteiger partial charge in [-0.05, 0) is 43.7 Å². The minimum absolute atomic E-state index is 0.314. The lowest BCUT2D eigenvalue weighted by Gasteiger charge is -2.25. The number of methoxy groups -OCH3 is 1. The Kier molecular flexibility index (Phi) is 6.70. The van der Waals surface area contributed by atoms with Crippen LogP contribution in [0, 0.1) is 6.92 Å². The normalized spacial score (nSPS) is 13.9. The maximum atomic E-state index is 12.2. The smallest absolute Gasteiger partial charge is 0.358 e. The molecule has 0 bridgehead atoms. The van der Waals surface area contributed by atoms with Crippen LogP contribution in [0.3, 0.4) is 0 Å². The molecule has 0 atom stereocenters. The van der Waals surface area contributed by atoms with Crippen LogP contribution in [0.25, 0.3) is 21.3 Å². The summed E-state index contributed by atoms with van der Waals surface area (Å²) < 4.78 is 19.2. The van der Waals surface area contributed by atoms with Crippen LogP contribution in [0.2, 0.25) is 0 Å². The van der Waals surface area contributed by atoms with Gasteiger partial charge in [-0.1, -0.05) is 29.5 Å². The van der Waals surface area contributed by atoms with E-state index in [2.05, 4.69) is 28.2 Å². The molecule has 1 saturated heterocycles. The number of benzene rings is 2. The summed E-state index contributed by atoms with van der Waals surface area (Å²) in [5.41, 5.74) is 5.24. The standard InChI is InChI=1S/C26H28N4O4S/c1-4-34-25(31)21-13-17(2)30(28-21)16-19-14-18(20-7-5-6-8-22(20)32-3)15-23-24(19)27-26(35-23)29-9-11-33-12-10-29/h5-8,13-15H,4,9-12,16H2,1-3H3. The number of rotatable bonds is 7. The highest BCUT2D eigenvalue weighted by Gasteiger charge is 2.20. The number of thiazole rings is 1. The van der Waals surface area contributed by atoms with E-state index in [-0.39, 0.29) is 0 Å². The lowest BCUT2D eigenvalue weighted by molar-refractivity contribution is 0.0518. The van der Waals surface area contributed by atoms with Gasteiger partial charge in [-0.25, -0.2) is 9.78 Å². The second kappa shape index (κ2) is 10.1. The highest BCUT2D eigenvalue weighted by atomic mass is 32.1. The molecule has 8 nitrogen and oxygen atoms in total. The van der Waals surface area contributed by atoms with Gasteiger partial charge in [0.25, 0.3) is 0 Å². The van der Waals surface area contributed by atoms with E-state index in [9.17, 15) is 4.79 Å². The van der Waals surface area contributed by atoms with E-state index >= 15 is 0 Å². The number of nitrogens with zero attached hydrogens (tertiary/aromatic N) is 4. The Labute approximate surface area is 208 Å². The van der Waals surface area contributed by atoms with Crippen LogP contribution >= 0.6 is 11.3 Å². The topological polar surface area (TPSA) is 78.7 Å². The van der Waals surface area contributed by atoms with Crippen LogP contribution in [0.1, 0.15) is 28.7 Å². The molecule has 0 saturated carbocycles. The van der Waals surface area contributed by atoms with Crippen LogP contribution in [-0.4, -0.2) is 60.8 Å². The molecule has 0 N–H and O–H groups in total. The minimum Gasteiger partial charge on any atom is -0.496 e. The third-order valence-corrected chi connectivity index (χ3v) is 7.11. The molecular weight excluding hydrogens is 464 g/mol. The zero-order valence-electron chi connectivity index (χ0n) is 20.1. The monoisotopic (exact) mass is 492 g/mol. The number of morpholine rings is 1. The average molecular weight is 493 g/mol. The summed E-state index contributed by atoms with van der Waals surface area (Å²) in [6, 6.07) is 14.1. The first-order valence-electron chi connectivity index (χ1n) is 11.7. The highest BCUT2D eigenvalue weighted by molar-refractivity contribution is 7.22. The third-order valence-electron chi connectivity index (χ3n) is 6.05. The van der Waals surface area contributed by atoms with Crippen molar-refractivity contribution in [1.29, 1.82) is 0 Å². The molecule has 0 radical (unpaired) electrons. The number of aromatic nitrogens is 3. The number of anilines is 1. The van der Waals surface area contributed by atoms with Gasteiger partial charge in [-0.2, -0.15) is 5.10 Å². The van der Waals surface area contributed by atoms with E-state index in [1.54, 1.807) is 31.4 Å². The van der Waals surface area contributed by atoms with E-state index in [1.807, 2.05) is 29.8 Å². The van der Waals surface area contributed by atoms with Gasteiger partial charge in [0.05, 0.1) is 43.7 Å². The quantitative estimate of drug-likeness (QED) is 0.351. The fraction of sp³-hybridized carbons (Fsp3) is 0.346. The van der Waals surface area contributed by atoms with Crippen LogP contribution in [0.15, 0.2) is 42.5 Å². The summed E-state index contributed by atoms with van der Waals surface area (Å²) >= 11 is 1.69. The zero-order valence-corrected chi connectivity index (χ0v) is 20.9. The summed E-state index contributed by atoms with van der Waals surface area (Å²) in [6.07, 6.45) is 0. The third kappa shape index (κ3) is 4.74. The van der Waals surface area contributed by atoms with Crippen molar-refractivity contribution in [3.8, 4) is 16.9 Å². The van der Waals surface area contributed by atoms with E-state index in [1.165, 1.54) is 0 Å². The van der Waals surface area contributed by atoms with E-state index < -0.39 is 5.97 Å². The van der Waals surface area contributed by atoms with Gasteiger partial charge in [0.2, 0.25) is 0 Å². The van der Waals surface area contributed by atoms with Crippen molar-refractivity contribution in [3.63, 3.8) is 0 Å². The van der Waals surface area contributed by atoms with Crippen LogP contribution < -0.4 is 9.64 Å². The first-order chi connectivity index (χ1) is 17.1. The van der Waals surface area contributed by atoms with E-state index in [0.717, 1.165) is 56.6 Å². The van der Waals surface area contributed by atoms with Crippen LogP contribution in [-0.2, 0) is 16.0 Å². The fourth-order valence-electron chi connectivity index (χ4n) is 4.27. The van der Waals surface area contributed by atoms with Crippen molar-refractivity contribution in [2.24, 2.45) is 0 Å². The molecule has 0 amide bonds. The number of fused-ring (bicyclic) bond motifs is 1. The molecule has 2 aromatic carbocycles. The Hall–Kier alpha value is -3.43. The van der Waals surface area contributed by atoms with Crippen molar-refractivity contribution < 1.29 is 19.0 Å². The summed E-state index contributed by atoms with van der Waals surface area (Å²) in [5, 5.41) is 5.52. The van der Waals surface area contributed by atoms with Gasteiger partial charge in [-0.3, -0.25) is 4.68 Å². The summed E-state index contributed by atoms with van der Waals surface area (Å²) in [5.74, 6) is 0.404. The number of hydrogen-bond donors (Lipinski definition) is 0. The van der Waals surface area contributed by atoms with Crippen molar-refractivity contribution in [2.75, 3.05) is 44.9 Å². The molecule has 9 heteroatoms. The lowest BCUT2D eigenvalue weighted by Crippen LogP contribution is -2.36. The Morgan fingerprint density at radius 1 is 1.17 bits per heavy atom. The van der Waals surface area contributed by atoms with Crippen LogP contribution in [0.5, 0.6) is 5.75 Å². The molecule has 4 aromatic rings. The molecule has 1 aliphatic rings. The van der Waals surface area contributed by atoms with Gasteiger partial charge in [0.15, 0.2) is 10.8 Å². The molecule has 2 aromatic heterocycles. The van der Waals surface area contributed by atoms with E-state index in [4.69, 9.17) is 19.2 Å². The number of para-hydroxylation sites is 1. The van der Waals surface area contributed by atoms with E-state index in [0.29, 0.717) is 32.1 Å². The molecule has 1 fully saturated rings.